The van der Waals surface area contributed by atoms with Gasteiger partial charge in [0.1, 0.15) is 5.75 Å². The van der Waals surface area contributed by atoms with Crippen LogP contribution in [0.15, 0.2) is 53.4 Å². The first-order chi connectivity index (χ1) is 15.1. The van der Waals surface area contributed by atoms with Gasteiger partial charge in [0.25, 0.3) is 0 Å². The predicted molar refractivity (Wildman–Crippen MR) is 117 cm³/mol. The largest absolute Gasteiger partial charge is 0.497 e. The summed E-state index contributed by atoms with van der Waals surface area (Å²) in [5, 5.41) is 0. The van der Waals surface area contributed by atoms with Crippen LogP contribution >= 0.6 is 0 Å². The minimum Gasteiger partial charge on any atom is -0.497 e. The molecule has 32 heavy (non-hydrogen) atoms. The zero-order valence-electron chi connectivity index (χ0n) is 18.5. The van der Waals surface area contributed by atoms with E-state index in [1.165, 1.54) is 42.6 Å². The Labute approximate surface area is 188 Å². The van der Waals surface area contributed by atoms with Gasteiger partial charge in [0.05, 0.1) is 29.8 Å². The molecule has 9 heteroatoms. The second-order valence-electron chi connectivity index (χ2n) is 7.74. The van der Waals surface area contributed by atoms with Crippen LogP contribution in [0.5, 0.6) is 5.75 Å². The Kier molecular flexibility index (Phi) is 7.33. The highest BCUT2D eigenvalue weighted by Crippen LogP contribution is 2.22. The van der Waals surface area contributed by atoms with Gasteiger partial charge in [-0.2, -0.15) is 4.31 Å². The Bertz CT molecular complexity index is 1050. The third kappa shape index (κ3) is 5.35. The van der Waals surface area contributed by atoms with Crippen molar-refractivity contribution in [3.8, 4) is 5.75 Å². The summed E-state index contributed by atoms with van der Waals surface area (Å²) in [4.78, 5) is 25.1. The van der Waals surface area contributed by atoms with Crippen LogP contribution in [0.25, 0.3) is 0 Å². The number of benzene rings is 2. The quantitative estimate of drug-likeness (QED) is 0.462. The van der Waals surface area contributed by atoms with E-state index >= 15 is 0 Å². The van der Waals surface area contributed by atoms with E-state index in [1.807, 2.05) is 13.8 Å². The number of ether oxygens (including phenoxy) is 3. The number of nitrogens with zero attached hydrogens (tertiary/aromatic N) is 1. The van der Waals surface area contributed by atoms with E-state index in [4.69, 9.17) is 14.2 Å². The van der Waals surface area contributed by atoms with Crippen molar-refractivity contribution in [1.29, 1.82) is 0 Å². The molecule has 3 rings (SSSR count). The molecule has 1 fully saturated rings. The molecule has 172 valence electrons. The SMILES string of the molecule is COc1ccc(C(=O)C(C)OC(=O)c2ccc(S(=O)(=O)N3CC(C)OC(C)C3)cc2)cc1. The number of carbonyl (C=O) groups is 2. The van der Waals surface area contributed by atoms with Crippen molar-refractivity contribution in [3.05, 3.63) is 59.7 Å². The summed E-state index contributed by atoms with van der Waals surface area (Å²) < 4.78 is 43.2. The standard InChI is InChI=1S/C23H27NO7S/c1-15-13-24(14-16(2)30-15)32(27,28)21-11-7-19(8-12-21)23(26)31-17(3)22(25)18-5-9-20(29-4)10-6-18/h5-12,15-17H,13-14H2,1-4H3. The Balaban J connectivity index is 1.67. The van der Waals surface area contributed by atoms with Crippen LogP contribution < -0.4 is 4.74 Å². The number of hydrogen-bond donors (Lipinski definition) is 0. The first-order valence-corrected chi connectivity index (χ1v) is 11.7. The molecule has 8 nitrogen and oxygen atoms in total. The third-order valence-electron chi connectivity index (χ3n) is 5.14. The Morgan fingerprint density at radius 2 is 1.50 bits per heavy atom. The highest BCUT2D eigenvalue weighted by molar-refractivity contribution is 7.89. The topological polar surface area (TPSA) is 99.2 Å². The molecule has 2 aromatic carbocycles. The number of ketones is 1. The second kappa shape index (κ2) is 9.81. The fraction of sp³-hybridized carbons (Fsp3) is 0.391. The van der Waals surface area contributed by atoms with Crippen molar-refractivity contribution in [2.75, 3.05) is 20.2 Å². The Hall–Kier alpha value is -2.75. The fourth-order valence-corrected chi connectivity index (χ4v) is 5.10. The molecule has 0 saturated carbocycles. The first-order valence-electron chi connectivity index (χ1n) is 10.3. The minimum absolute atomic E-state index is 0.0812. The molecule has 0 amide bonds. The Morgan fingerprint density at radius 1 is 0.969 bits per heavy atom. The van der Waals surface area contributed by atoms with Crippen LogP contribution in [0.1, 0.15) is 41.5 Å². The van der Waals surface area contributed by atoms with Gasteiger partial charge in [-0.05, 0) is 69.3 Å². The van der Waals surface area contributed by atoms with Crippen molar-refractivity contribution >= 4 is 21.8 Å². The average Bonchev–Trinajstić information content (AvgIpc) is 2.78. The summed E-state index contributed by atoms with van der Waals surface area (Å²) in [5.41, 5.74) is 0.545. The first kappa shape index (κ1) is 23.9. The van der Waals surface area contributed by atoms with Crippen molar-refractivity contribution in [1.82, 2.24) is 4.31 Å². The molecule has 2 aromatic rings. The maximum Gasteiger partial charge on any atom is 0.338 e. The molecular weight excluding hydrogens is 434 g/mol. The van der Waals surface area contributed by atoms with Crippen LogP contribution in [0, 0.1) is 0 Å². The maximum atomic E-state index is 12.9. The van der Waals surface area contributed by atoms with Gasteiger partial charge >= 0.3 is 5.97 Å². The van der Waals surface area contributed by atoms with Crippen LogP contribution in [0.2, 0.25) is 0 Å². The summed E-state index contributed by atoms with van der Waals surface area (Å²) in [6.45, 7) is 5.67. The van der Waals surface area contributed by atoms with Gasteiger partial charge in [0.15, 0.2) is 6.10 Å². The van der Waals surface area contributed by atoms with E-state index in [9.17, 15) is 18.0 Å². The van der Waals surface area contributed by atoms with Crippen molar-refractivity contribution in [3.63, 3.8) is 0 Å². The lowest BCUT2D eigenvalue weighted by Gasteiger charge is -2.34. The van der Waals surface area contributed by atoms with Gasteiger partial charge in [-0.15, -0.1) is 0 Å². The molecule has 0 aromatic heterocycles. The summed E-state index contributed by atoms with van der Waals surface area (Å²) >= 11 is 0. The van der Waals surface area contributed by atoms with Crippen molar-refractivity contribution < 1.29 is 32.2 Å². The zero-order valence-corrected chi connectivity index (χ0v) is 19.3. The molecule has 0 radical (unpaired) electrons. The van der Waals surface area contributed by atoms with E-state index in [1.54, 1.807) is 24.3 Å². The van der Waals surface area contributed by atoms with Crippen LogP contribution in [0.4, 0.5) is 0 Å². The maximum absolute atomic E-state index is 12.9. The lowest BCUT2D eigenvalue weighted by Crippen LogP contribution is -2.48. The number of morpholine rings is 1. The average molecular weight is 462 g/mol. The van der Waals surface area contributed by atoms with Crippen LogP contribution in [-0.2, 0) is 19.5 Å². The van der Waals surface area contributed by atoms with E-state index in [2.05, 4.69) is 0 Å². The van der Waals surface area contributed by atoms with E-state index in [0.717, 1.165) is 0 Å². The van der Waals surface area contributed by atoms with Gasteiger partial charge in [0, 0.05) is 18.7 Å². The van der Waals surface area contributed by atoms with Crippen molar-refractivity contribution in [2.45, 2.75) is 44.0 Å². The molecular formula is C23H27NO7S. The fourth-order valence-electron chi connectivity index (χ4n) is 3.51. The van der Waals surface area contributed by atoms with Crippen molar-refractivity contribution in [2.24, 2.45) is 0 Å². The van der Waals surface area contributed by atoms with E-state index in [-0.39, 0.29) is 41.5 Å². The molecule has 3 atom stereocenters. The summed E-state index contributed by atoms with van der Waals surface area (Å²) in [7, 11) is -2.18. The molecule has 1 aliphatic heterocycles. The van der Waals surface area contributed by atoms with Gasteiger partial charge < -0.3 is 14.2 Å². The molecule has 1 saturated heterocycles. The minimum atomic E-state index is -3.71. The lowest BCUT2D eigenvalue weighted by molar-refractivity contribution is -0.0440. The highest BCUT2D eigenvalue weighted by Gasteiger charge is 2.32. The van der Waals surface area contributed by atoms with Gasteiger partial charge in [0.2, 0.25) is 15.8 Å². The molecule has 0 N–H and O–H groups in total. The lowest BCUT2D eigenvalue weighted by atomic mass is 10.1. The van der Waals surface area contributed by atoms with Crippen LogP contribution in [0.3, 0.4) is 0 Å². The summed E-state index contributed by atoms with van der Waals surface area (Å²) in [5.74, 6) is -0.449. The smallest absolute Gasteiger partial charge is 0.338 e. The predicted octanol–water partition coefficient (Wildman–Crippen LogP) is 2.92. The van der Waals surface area contributed by atoms with Gasteiger partial charge in [-0.1, -0.05) is 0 Å². The Morgan fingerprint density at radius 3 is 2.03 bits per heavy atom. The van der Waals surface area contributed by atoms with Gasteiger partial charge in [-0.3, -0.25) is 4.79 Å². The molecule has 0 aliphatic carbocycles. The number of rotatable bonds is 7. The summed E-state index contributed by atoms with van der Waals surface area (Å²) in [6, 6.07) is 12.0. The van der Waals surface area contributed by atoms with Crippen LogP contribution in [-0.4, -0.2) is 63.0 Å². The zero-order chi connectivity index (χ0) is 23.5. The number of Topliss-reactive ketones (excluding diaryl/α,β-unsaturated/α-hetero) is 1. The number of hydrogen-bond acceptors (Lipinski definition) is 7. The number of carbonyl (C=O) groups excluding carboxylic acids is 2. The number of methoxy groups -OCH3 is 1. The molecule has 1 heterocycles. The normalized spacial score (nSPS) is 20.4. The highest BCUT2D eigenvalue weighted by atomic mass is 32.2. The number of esters is 1. The molecule has 0 bridgehead atoms. The molecule has 0 spiro atoms. The number of sulfonamides is 1. The van der Waals surface area contributed by atoms with E-state index in [0.29, 0.717) is 11.3 Å². The third-order valence-corrected chi connectivity index (χ3v) is 6.99. The van der Waals surface area contributed by atoms with E-state index < -0.39 is 22.1 Å². The molecule has 1 aliphatic rings. The van der Waals surface area contributed by atoms with Gasteiger partial charge in [-0.25, -0.2) is 13.2 Å². The monoisotopic (exact) mass is 461 g/mol. The second-order valence-corrected chi connectivity index (χ2v) is 9.68. The summed E-state index contributed by atoms with van der Waals surface area (Å²) in [6.07, 6.45) is -1.41. The molecule has 3 unspecified atom stereocenters.